The first-order chi connectivity index (χ1) is 10.2. The van der Waals surface area contributed by atoms with Crippen molar-refractivity contribution in [1.82, 2.24) is 5.43 Å². The van der Waals surface area contributed by atoms with E-state index in [9.17, 15) is 0 Å². The van der Waals surface area contributed by atoms with E-state index in [0.29, 0.717) is 5.92 Å². The SMILES string of the molecule is CC(C)c1ccc(C(NN)c2csc3ccccc23)cc1. The van der Waals surface area contributed by atoms with Gasteiger partial charge in [-0.15, -0.1) is 11.3 Å². The number of nitrogens with one attached hydrogen (secondary N) is 1. The molecule has 1 atom stereocenters. The van der Waals surface area contributed by atoms with Crippen LogP contribution in [0.15, 0.2) is 53.9 Å². The molecule has 1 aromatic heterocycles. The number of nitrogens with two attached hydrogens (primary N) is 1. The van der Waals surface area contributed by atoms with Gasteiger partial charge >= 0.3 is 0 Å². The summed E-state index contributed by atoms with van der Waals surface area (Å²) in [6.45, 7) is 4.42. The molecule has 21 heavy (non-hydrogen) atoms. The zero-order valence-corrected chi connectivity index (χ0v) is 13.2. The van der Waals surface area contributed by atoms with Crippen LogP contribution in [0.5, 0.6) is 0 Å². The number of hydrazine groups is 1. The monoisotopic (exact) mass is 296 g/mol. The van der Waals surface area contributed by atoms with Crippen molar-refractivity contribution >= 4 is 21.4 Å². The minimum Gasteiger partial charge on any atom is -0.271 e. The van der Waals surface area contributed by atoms with Gasteiger partial charge in [0.1, 0.15) is 0 Å². The molecule has 0 aliphatic rings. The Balaban J connectivity index is 2.01. The highest BCUT2D eigenvalue weighted by Gasteiger charge is 2.16. The van der Waals surface area contributed by atoms with Gasteiger partial charge in [0, 0.05) is 4.70 Å². The molecule has 0 fully saturated rings. The van der Waals surface area contributed by atoms with Crippen LogP contribution < -0.4 is 11.3 Å². The highest BCUT2D eigenvalue weighted by Crippen LogP contribution is 2.33. The Morgan fingerprint density at radius 2 is 1.62 bits per heavy atom. The molecule has 0 aliphatic carbocycles. The Labute approximate surface area is 129 Å². The van der Waals surface area contributed by atoms with Gasteiger partial charge in [0.05, 0.1) is 6.04 Å². The van der Waals surface area contributed by atoms with Gasteiger partial charge in [-0.1, -0.05) is 56.3 Å². The average molecular weight is 296 g/mol. The van der Waals surface area contributed by atoms with Crippen LogP contribution in [0, 0.1) is 0 Å². The Hall–Kier alpha value is -1.68. The smallest absolute Gasteiger partial charge is 0.0724 e. The van der Waals surface area contributed by atoms with E-state index >= 15 is 0 Å². The van der Waals surface area contributed by atoms with Crippen LogP contribution in [0.2, 0.25) is 0 Å². The predicted molar refractivity (Wildman–Crippen MR) is 91.5 cm³/mol. The van der Waals surface area contributed by atoms with Gasteiger partial charge in [-0.05, 0) is 39.4 Å². The summed E-state index contributed by atoms with van der Waals surface area (Å²) in [5.41, 5.74) is 6.77. The quantitative estimate of drug-likeness (QED) is 0.546. The molecule has 0 aliphatic heterocycles. The highest BCUT2D eigenvalue weighted by atomic mass is 32.1. The number of fused-ring (bicyclic) bond motifs is 1. The molecular formula is C18H20N2S. The standard InChI is InChI=1S/C18H20N2S/c1-12(2)13-7-9-14(10-8-13)18(20-19)16-11-21-17-6-4-3-5-15(16)17/h3-12,18,20H,19H2,1-2H3. The number of hydrogen-bond donors (Lipinski definition) is 2. The summed E-state index contributed by atoms with van der Waals surface area (Å²) < 4.78 is 1.30. The van der Waals surface area contributed by atoms with Gasteiger partial charge in [-0.3, -0.25) is 5.84 Å². The Morgan fingerprint density at radius 1 is 0.952 bits per heavy atom. The van der Waals surface area contributed by atoms with Crippen molar-refractivity contribution in [3.05, 3.63) is 70.6 Å². The van der Waals surface area contributed by atoms with Crippen molar-refractivity contribution in [2.45, 2.75) is 25.8 Å². The van der Waals surface area contributed by atoms with Gasteiger partial charge < -0.3 is 0 Å². The van der Waals surface area contributed by atoms with Crippen molar-refractivity contribution in [3.63, 3.8) is 0 Å². The molecule has 0 saturated carbocycles. The molecule has 0 bridgehead atoms. The van der Waals surface area contributed by atoms with Crippen LogP contribution in [0.4, 0.5) is 0 Å². The lowest BCUT2D eigenvalue weighted by Gasteiger charge is -2.17. The van der Waals surface area contributed by atoms with Crippen LogP contribution in [0.1, 0.15) is 42.5 Å². The summed E-state index contributed by atoms with van der Waals surface area (Å²) in [6, 6.07) is 17.2. The lowest BCUT2D eigenvalue weighted by Crippen LogP contribution is -2.28. The third-order valence-electron chi connectivity index (χ3n) is 3.93. The summed E-state index contributed by atoms with van der Waals surface area (Å²) in [5, 5.41) is 3.48. The predicted octanol–water partition coefficient (Wildman–Crippen LogP) is 4.58. The van der Waals surface area contributed by atoms with Crippen LogP contribution in [0.25, 0.3) is 10.1 Å². The van der Waals surface area contributed by atoms with E-state index in [-0.39, 0.29) is 6.04 Å². The fourth-order valence-electron chi connectivity index (χ4n) is 2.66. The molecule has 1 unspecified atom stereocenters. The molecular weight excluding hydrogens is 276 g/mol. The van der Waals surface area contributed by atoms with Gasteiger partial charge in [0.15, 0.2) is 0 Å². The Bertz CT molecular complexity index is 728. The van der Waals surface area contributed by atoms with Crippen molar-refractivity contribution in [2.24, 2.45) is 5.84 Å². The molecule has 0 amide bonds. The topological polar surface area (TPSA) is 38.0 Å². The molecule has 3 heteroatoms. The fraction of sp³-hybridized carbons (Fsp3) is 0.222. The summed E-state index contributed by atoms with van der Waals surface area (Å²) in [4.78, 5) is 0. The molecule has 0 saturated heterocycles. The molecule has 2 nitrogen and oxygen atoms in total. The van der Waals surface area contributed by atoms with E-state index < -0.39 is 0 Å². The zero-order chi connectivity index (χ0) is 14.8. The molecule has 3 N–H and O–H groups in total. The third kappa shape index (κ3) is 2.72. The van der Waals surface area contributed by atoms with E-state index in [1.807, 2.05) is 0 Å². The molecule has 1 heterocycles. The molecule has 0 radical (unpaired) electrons. The lowest BCUT2D eigenvalue weighted by molar-refractivity contribution is 0.642. The average Bonchev–Trinajstić information content (AvgIpc) is 2.93. The number of hydrogen-bond acceptors (Lipinski definition) is 3. The molecule has 3 rings (SSSR count). The molecule has 108 valence electrons. The molecule has 2 aromatic carbocycles. The van der Waals surface area contributed by atoms with Crippen LogP contribution in [0.3, 0.4) is 0 Å². The molecule has 0 spiro atoms. The van der Waals surface area contributed by atoms with E-state index in [2.05, 4.69) is 73.2 Å². The van der Waals surface area contributed by atoms with Crippen LogP contribution in [-0.2, 0) is 0 Å². The van der Waals surface area contributed by atoms with Crippen molar-refractivity contribution < 1.29 is 0 Å². The lowest BCUT2D eigenvalue weighted by atomic mass is 9.95. The largest absolute Gasteiger partial charge is 0.271 e. The second-order valence-electron chi connectivity index (χ2n) is 5.61. The van der Waals surface area contributed by atoms with Crippen molar-refractivity contribution in [3.8, 4) is 0 Å². The van der Waals surface area contributed by atoms with Crippen LogP contribution >= 0.6 is 11.3 Å². The van der Waals surface area contributed by atoms with Crippen molar-refractivity contribution in [1.29, 1.82) is 0 Å². The van der Waals surface area contributed by atoms with E-state index in [1.165, 1.54) is 26.8 Å². The highest BCUT2D eigenvalue weighted by molar-refractivity contribution is 7.17. The normalized spacial score (nSPS) is 13.0. The zero-order valence-electron chi connectivity index (χ0n) is 12.3. The second kappa shape index (κ2) is 5.98. The molecule has 3 aromatic rings. The number of benzene rings is 2. The van der Waals surface area contributed by atoms with E-state index in [4.69, 9.17) is 5.84 Å². The third-order valence-corrected chi connectivity index (χ3v) is 4.91. The summed E-state index contributed by atoms with van der Waals surface area (Å²) in [7, 11) is 0. The maximum Gasteiger partial charge on any atom is 0.0724 e. The van der Waals surface area contributed by atoms with Crippen molar-refractivity contribution in [2.75, 3.05) is 0 Å². The number of thiophene rings is 1. The van der Waals surface area contributed by atoms with Crippen LogP contribution in [-0.4, -0.2) is 0 Å². The van der Waals surface area contributed by atoms with E-state index in [0.717, 1.165) is 0 Å². The minimum atomic E-state index is 0.0300. The van der Waals surface area contributed by atoms with E-state index in [1.54, 1.807) is 11.3 Å². The first kappa shape index (κ1) is 14.3. The first-order valence-corrected chi connectivity index (χ1v) is 8.10. The minimum absolute atomic E-state index is 0.0300. The summed E-state index contributed by atoms with van der Waals surface area (Å²) in [6.07, 6.45) is 0. The first-order valence-electron chi connectivity index (χ1n) is 7.23. The number of rotatable bonds is 4. The maximum atomic E-state index is 5.84. The van der Waals surface area contributed by atoms with Gasteiger partial charge in [0.2, 0.25) is 0 Å². The van der Waals surface area contributed by atoms with Gasteiger partial charge in [-0.2, -0.15) is 0 Å². The summed E-state index contributed by atoms with van der Waals surface area (Å²) in [5.74, 6) is 6.39. The summed E-state index contributed by atoms with van der Waals surface area (Å²) >= 11 is 1.76. The van der Waals surface area contributed by atoms with Gasteiger partial charge in [-0.25, -0.2) is 5.43 Å². The maximum absolute atomic E-state index is 5.84. The fourth-order valence-corrected chi connectivity index (χ4v) is 3.65. The Morgan fingerprint density at radius 3 is 2.29 bits per heavy atom. The second-order valence-corrected chi connectivity index (χ2v) is 6.52. The Kier molecular flexibility index (Phi) is 4.06. The van der Waals surface area contributed by atoms with Gasteiger partial charge in [0.25, 0.3) is 0 Å².